The van der Waals surface area contributed by atoms with Crippen molar-refractivity contribution in [2.45, 2.75) is 45.8 Å². The Hall–Kier alpha value is -2.65. The van der Waals surface area contributed by atoms with Crippen LogP contribution >= 0.6 is 11.6 Å². The molecule has 2 aromatic rings. The molecule has 0 aliphatic carbocycles. The molecular formula is C23H29ClFN3O4S. The second-order valence-corrected chi connectivity index (χ2v) is 11.1. The number of carbonyl (C=O) groups excluding carboxylic acids is 2. The summed E-state index contributed by atoms with van der Waals surface area (Å²) in [6, 6.07) is 10.8. The number of carbonyl (C=O) groups is 2. The molecule has 0 heterocycles. The Morgan fingerprint density at radius 1 is 1.09 bits per heavy atom. The van der Waals surface area contributed by atoms with Crippen LogP contribution in [-0.4, -0.2) is 49.5 Å². The predicted octanol–water partition coefficient (Wildman–Crippen LogP) is 3.58. The number of nitrogens with zero attached hydrogens (tertiary/aromatic N) is 2. The Morgan fingerprint density at radius 3 is 2.18 bits per heavy atom. The highest BCUT2D eigenvalue weighted by Crippen LogP contribution is 2.22. The van der Waals surface area contributed by atoms with E-state index in [0.717, 1.165) is 22.7 Å². The van der Waals surface area contributed by atoms with Gasteiger partial charge in [0.25, 0.3) is 0 Å². The van der Waals surface area contributed by atoms with Crippen molar-refractivity contribution in [3.8, 4) is 0 Å². The van der Waals surface area contributed by atoms with Gasteiger partial charge >= 0.3 is 0 Å². The molecule has 2 aromatic carbocycles. The first kappa shape index (κ1) is 26.6. The molecule has 0 aliphatic rings. The fourth-order valence-corrected chi connectivity index (χ4v) is 4.13. The molecule has 0 radical (unpaired) electrons. The Balaban J connectivity index is 2.41. The number of anilines is 1. The highest BCUT2D eigenvalue weighted by molar-refractivity contribution is 7.92. The molecule has 0 aromatic heterocycles. The number of rotatable bonds is 8. The zero-order chi connectivity index (χ0) is 25.0. The quantitative estimate of drug-likeness (QED) is 0.604. The van der Waals surface area contributed by atoms with Gasteiger partial charge in [-0.2, -0.15) is 0 Å². The molecule has 2 rings (SSSR count). The number of hydrogen-bond acceptors (Lipinski definition) is 4. The number of amides is 2. The summed E-state index contributed by atoms with van der Waals surface area (Å²) < 4.78 is 39.1. The van der Waals surface area contributed by atoms with Gasteiger partial charge in [0.05, 0.1) is 11.9 Å². The van der Waals surface area contributed by atoms with Crippen molar-refractivity contribution >= 4 is 39.1 Å². The molecule has 0 saturated heterocycles. The van der Waals surface area contributed by atoms with Gasteiger partial charge in [-0.1, -0.05) is 29.8 Å². The molecule has 2 amide bonds. The summed E-state index contributed by atoms with van der Waals surface area (Å²) in [4.78, 5) is 27.5. The van der Waals surface area contributed by atoms with E-state index in [4.69, 9.17) is 11.6 Å². The van der Waals surface area contributed by atoms with Gasteiger partial charge in [0, 0.05) is 17.1 Å². The first-order chi connectivity index (χ1) is 15.2. The lowest BCUT2D eigenvalue weighted by atomic mass is 10.1. The van der Waals surface area contributed by atoms with Crippen LogP contribution in [0.3, 0.4) is 0 Å². The third kappa shape index (κ3) is 7.71. The van der Waals surface area contributed by atoms with Crippen LogP contribution in [0.1, 0.15) is 33.3 Å². The van der Waals surface area contributed by atoms with Gasteiger partial charge in [0.15, 0.2) is 0 Å². The Morgan fingerprint density at radius 2 is 1.67 bits per heavy atom. The van der Waals surface area contributed by atoms with E-state index in [-0.39, 0.29) is 12.2 Å². The van der Waals surface area contributed by atoms with E-state index in [1.165, 1.54) is 17.0 Å². The first-order valence-corrected chi connectivity index (χ1v) is 12.5. The Bertz CT molecular complexity index is 1100. The van der Waals surface area contributed by atoms with Crippen molar-refractivity contribution in [3.05, 3.63) is 64.9 Å². The summed E-state index contributed by atoms with van der Waals surface area (Å²) in [6.07, 6.45) is 0.956. The zero-order valence-electron chi connectivity index (χ0n) is 19.3. The molecular weight excluding hydrogens is 469 g/mol. The molecule has 0 spiro atoms. The van der Waals surface area contributed by atoms with Crippen LogP contribution in [0.5, 0.6) is 0 Å². The molecule has 7 nitrogen and oxygen atoms in total. The summed E-state index contributed by atoms with van der Waals surface area (Å²) in [5.74, 6) is -1.54. The normalized spacial score (nSPS) is 12.7. The maximum Gasteiger partial charge on any atom is 0.244 e. The van der Waals surface area contributed by atoms with Gasteiger partial charge in [-0.25, -0.2) is 12.8 Å². The average Bonchev–Trinajstić information content (AvgIpc) is 2.69. The van der Waals surface area contributed by atoms with E-state index in [2.05, 4.69) is 5.32 Å². The summed E-state index contributed by atoms with van der Waals surface area (Å²) in [5, 5.41) is 3.25. The molecule has 1 unspecified atom stereocenters. The SMILES string of the molecule is CC(C(=O)NC(C)(C)C)N(Cc1ccccc1Cl)C(=O)CN(c1ccc(F)cc1)S(C)(=O)=O. The monoisotopic (exact) mass is 497 g/mol. The van der Waals surface area contributed by atoms with Crippen LogP contribution in [0.2, 0.25) is 5.02 Å². The minimum absolute atomic E-state index is 0.00173. The molecule has 33 heavy (non-hydrogen) atoms. The first-order valence-electron chi connectivity index (χ1n) is 10.3. The molecule has 180 valence electrons. The highest BCUT2D eigenvalue weighted by atomic mass is 35.5. The molecule has 0 saturated carbocycles. The van der Waals surface area contributed by atoms with Crippen LogP contribution in [0.25, 0.3) is 0 Å². The van der Waals surface area contributed by atoms with Crippen molar-refractivity contribution < 1.29 is 22.4 Å². The van der Waals surface area contributed by atoms with Crippen molar-refractivity contribution in [2.75, 3.05) is 17.1 Å². The topological polar surface area (TPSA) is 86.8 Å². The van der Waals surface area contributed by atoms with Gasteiger partial charge in [-0.3, -0.25) is 13.9 Å². The van der Waals surface area contributed by atoms with E-state index in [1.807, 2.05) is 20.8 Å². The molecule has 1 atom stereocenters. The second-order valence-electron chi connectivity index (χ2n) is 8.77. The average molecular weight is 498 g/mol. The smallest absolute Gasteiger partial charge is 0.244 e. The lowest BCUT2D eigenvalue weighted by Crippen LogP contribution is -2.54. The lowest BCUT2D eigenvalue weighted by molar-refractivity contribution is -0.140. The third-order valence-electron chi connectivity index (χ3n) is 4.76. The van der Waals surface area contributed by atoms with E-state index >= 15 is 0 Å². The van der Waals surface area contributed by atoms with Gasteiger partial charge in [0.2, 0.25) is 21.8 Å². The maximum atomic E-state index is 13.4. The van der Waals surface area contributed by atoms with Crippen LogP contribution in [-0.2, 0) is 26.2 Å². The predicted molar refractivity (Wildman–Crippen MR) is 128 cm³/mol. The van der Waals surface area contributed by atoms with Crippen LogP contribution in [0, 0.1) is 5.82 Å². The molecule has 10 heteroatoms. The largest absolute Gasteiger partial charge is 0.350 e. The van der Waals surface area contributed by atoms with E-state index in [1.54, 1.807) is 31.2 Å². The number of nitrogens with one attached hydrogen (secondary N) is 1. The molecule has 0 bridgehead atoms. The minimum Gasteiger partial charge on any atom is -0.350 e. The number of halogens is 2. The summed E-state index contributed by atoms with van der Waals surface area (Å²) in [5.41, 5.74) is 0.213. The van der Waals surface area contributed by atoms with E-state index < -0.39 is 45.8 Å². The van der Waals surface area contributed by atoms with Crippen molar-refractivity contribution in [1.29, 1.82) is 0 Å². The standard InChI is InChI=1S/C23H29ClFN3O4S/c1-16(22(30)26-23(2,3)4)27(14-17-8-6-7-9-20(17)24)21(29)15-28(33(5,31)32)19-12-10-18(25)11-13-19/h6-13,16H,14-15H2,1-5H3,(H,26,30). The summed E-state index contributed by atoms with van der Waals surface area (Å²) >= 11 is 6.27. The maximum absolute atomic E-state index is 13.4. The van der Waals surface area contributed by atoms with E-state index in [9.17, 15) is 22.4 Å². The van der Waals surface area contributed by atoms with Crippen molar-refractivity contribution in [2.24, 2.45) is 0 Å². The van der Waals surface area contributed by atoms with Crippen molar-refractivity contribution in [3.63, 3.8) is 0 Å². The lowest BCUT2D eigenvalue weighted by Gasteiger charge is -2.33. The summed E-state index contributed by atoms with van der Waals surface area (Å²) in [6.45, 7) is 6.45. The van der Waals surface area contributed by atoms with E-state index in [0.29, 0.717) is 10.6 Å². The Labute approximate surface area is 199 Å². The van der Waals surface area contributed by atoms with Crippen molar-refractivity contribution in [1.82, 2.24) is 10.2 Å². The fourth-order valence-electron chi connectivity index (χ4n) is 3.09. The molecule has 0 aliphatic heterocycles. The Kier molecular flexibility index (Phi) is 8.48. The summed E-state index contributed by atoms with van der Waals surface area (Å²) in [7, 11) is -3.88. The zero-order valence-corrected chi connectivity index (χ0v) is 20.9. The van der Waals surface area contributed by atoms with Gasteiger partial charge < -0.3 is 10.2 Å². The van der Waals surface area contributed by atoms with Gasteiger partial charge in [-0.05, 0) is 63.6 Å². The fraction of sp³-hybridized carbons (Fsp3) is 0.391. The number of hydrogen-bond donors (Lipinski definition) is 1. The van der Waals surface area contributed by atoms with Gasteiger partial charge in [0.1, 0.15) is 18.4 Å². The third-order valence-corrected chi connectivity index (χ3v) is 6.27. The highest BCUT2D eigenvalue weighted by Gasteiger charge is 2.31. The van der Waals surface area contributed by atoms with Crippen LogP contribution in [0.15, 0.2) is 48.5 Å². The molecule has 1 N–H and O–H groups in total. The van der Waals surface area contributed by atoms with Gasteiger partial charge in [-0.15, -0.1) is 0 Å². The molecule has 0 fully saturated rings. The minimum atomic E-state index is -3.88. The number of sulfonamides is 1. The van der Waals surface area contributed by atoms with Crippen LogP contribution < -0.4 is 9.62 Å². The number of benzene rings is 2. The second kappa shape index (κ2) is 10.5. The van der Waals surface area contributed by atoms with Crippen LogP contribution in [0.4, 0.5) is 10.1 Å².